The van der Waals surface area contributed by atoms with Crippen LogP contribution in [0.3, 0.4) is 0 Å². The van der Waals surface area contributed by atoms with Crippen molar-refractivity contribution < 1.29 is 23.9 Å². The first-order valence-electron chi connectivity index (χ1n) is 8.02. The first kappa shape index (κ1) is 21.0. The summed E-state index contributed by atoms with van der Waals surface area (Å²) in [6, 6.07) is 8.59. The van der Waals surface area contributed by atoms with Crippen LogP contribution in [-0.4, -0.2) is 43.6 Å². The van der Waals surface area contributed by atoms with Crippen LogP contribution in [0.2, 0.25) is 0 Å². The van der Waals surface area contributed by atoms with Crippen LogP contribution in [-0.2, 0) is 14.3 Å². The Morgan fingerprint density at radius 2 is 1.92 bits per heavy atom. The summed E-state index contributed by atoms with van der Waals surface area (Å²) in [6.45, 7) is 4.24. The molecule has 8 heteroatoms. The maximum atomic E-state index is 12.1. The normalized spacial score (nSPS) is 12.5. The van der Waals surface area contributed by atoms with Crippen LogP contribution in [0.1, 0.15) is 31.1 Å². The summed E-state index contributed by atoms with van der Waals surface area (Å²) in [7, 11) is 1.44. The number of hydrogen-bond acceptors (Lipinski definition) is 6. The van der Waals surface area contributed by atoms with Crippen LogP contribution in [0.5, 0.6) is 5.75 Å². The van der Waals surface area contributed by atoms with Crippen LogP contribution in [0.25, 0.3) is 0 Å². The van der Waals surface area contributed by atoms with E-state index in [2.05, 4.69) is 10.6 Å². The predicted molar refractivity (Wildman–Crippen MR) is 93.3 cm³/mol. The number of nitrogens with one attached hydrogen (secondary N) is 2. The van der Waals surface area contributed by atoms with Gasteiger partial charge in [0.1, 0.15) is 17.8 Å². The maximum absolute atomic E-state index is 12.1. The lowest BCUT2D eigenvalue weighted by Crippen LogP contribution is -2.50. The van der Waals surface area contributed by atoms with Crippen molar-refractivity contribution >= 4 is 17.8 Å². The molecule has 0 spiro atoms. The molecule has 0 aliphatic heterocycles. The van der Waals surface area contributed by atoms with Gasteiger partial charge in [-0.1, -0.05) is 26.0 Å². The van der Waals surface area contributed by atoms with E-state index in [4.69, 9.17) is 14.7 Å². The van der Waals surface area contributed by atoms with Crippen molar-refractivity contribution in [2.45, 2.75) is 26.3 Å². The molecule has 0 bridgehead atoms. The zero-order valence-electron chi connectivity index (χ0n) is 15.3. The molecule has 140 valence electrons. The third kappa shape index (κ3) is 5.77. The van der Waals surface area contributed by atoms with E-state index in [0.29, 0.717) is 5.75 Å². The van der Waals surface area contributed by atoms with E-state index in [1.54, 1.807) is 45.0 Å². The highest BCUT2D eigenvalue weighted by atomic mass is 16.5. The van der Waals surface area contributed by atoms with Crippen molar-refractivity contribution in [1.29, 1.82) is 5.26 Å². The van der Waals surface area contributed by atoms with Crippen molar-refractivity contribution in [2.24, 2.45) is 5.92 Å². The Kier molecular flexibility index (Phi) is 7.59. The van der Waals surface area contributed by atoms with Gasteiger partial charge in [-0.15, -0.1) is 0 Å². The molecule has 8 nitrogen and oxygen atoms in total. The van der Waals surface area contributed by atoms with Crippen molar-refractivity contribution in [3.8, 4) is 11.8 Å². The van der Waals surface area contributed by atoms with E-state index in [9.17, 15) is 14.4 Å². The molecular formula is C18H23N3O5. The first-order valence-corrected chi connectivity index (χ1v) is 8.02. The van der Waals surface area contributed by atoms with Gasteiger partial charge in [-0.25, -0.2) is 0 Å². The molecule has 0 fully saturated rings. The molecule has 0 saturated heterocycles. The second-order valence-corrected chi connectivity index (χ2v) is 6.06. The smallest absolute Gasteiger partial charge is 0.325 e. The lowest BCUT2D eigenvalue weighted by Gasteiger charge is -2.27. The van der Waals surface area contributed by atoms with Crippen LogP contribution >= 0.6 is 0 Å². The van der Waals surface area contributed by atoms with Gasteiger partial charge in [0.15, 0.2) is 6.61 Å². The van der Waals surface area contributed by atoms with E-state index in [-0.39, 0.29) is 11.5 Å². The summed E-state index contributed by atoms with van der Waals surface area (Å²) in [5.41, 5.74) is -0.774. The number of nitriles is 1. The number of ether oxygens (including phenoxy) is 2. The molecule has 2 amide bonds. The highest BCUT2D eigenvalue weighted by Gasteiger charge is 2.30. The standard InChI is InChI=1S/C18H23N3O5/c1-12(2)18(3,11-19)21-15(22)10-26-16(23)9-20-17(24)13-7-5-6-8-14(13)25-4/h5-8,12H,9-10H2,1-4H3,(H,20,24)(H,21,22). The zero-order chi connectivity index (χ0) is 19.7. The largest absolute Gasteiger partial charge is 0.496 e. The third-order valence-corrected chi connectivity index (χ3v) is 3.90. The van der Waals surface area contributed by atoms with Gasteiger partial charge in [0.25, 0.3) is 11.8 Å². The SMILES string of the molecule is COc1ccccc1C(=O)NCC(=O)OCC(=O)NC(C)(C#N)C(C)C. The molecule has 0 aliphatic rings. The van der Waals surface area contributed by atoms with Crippen LogP contribution in [0.4, 0.5) is 0 Å². The Balaban J connectivity index is 2.47. The molecule has 1 rings (SSSR count). The second kappa shape index (κ2) is 9.42. The molecule has 2 N–H and O–H groups in total. The summed E-state index contributed by atoms with van der Waals surface area (Å²) >= 11 is 0. The fourth-order valence-corrected chi connectivity index (χ4v) is 1.90. The number of hydrogen-bond donors (Lipinski definition) is 2. The molecule has 0 aliphatic carbocycles. The van der Waals surface area contributed by atoms with Gasteiger partial charge < -0.3 is 20.1 Å². The Labute approximate surface area is 152 Å². The van der Waals surface area contributed by atoms with E-state index in [0.717, 1.165) is 0 Å². The predicted octanol–water partition coefficient (Wildman–Crippen LogP) is 1.02. The molecule has 26 heavy (non-hydrogen) atoms. The monoisotopic (exact) mass is 361 g/mol. The molecular weight excluding hydrogens is 338 g/mol. The molecule has 1 unspecified atom stereocenters. The van der Waals surface area contributed by atoms with Crippen LogP contribution < -0.4 is 15.4 Å². The summed E-state index contributed by atoms with van der Waals surface area (Å²) < 4.78 is 9.88. The van der Waals surface area contributed by atoms with Gasteiger partial charge >= 0.3 is 5.97 Å². The van der Waals surface area contributed by atoms with Gasteiger partial charge in [-0.3, -0.25) is 14.4 Å². The Bertz CT molecular complexity index is 711. The molecule has 0 heterocycles. The number of carbonyl (C=O) groups excluding carboxylic acids is 3. The second-order valence-electron chi connectivity index (χ2n) is 6.06. The molecule has 0 radical (unpaired) electrons. The average Bonchev–Trinajstić information content (AvgIpc) is 2.63. The van der Waals surface area contributed by atoms with Crippen molar-refractivity contribution in [1.82, 2.24) is 10.6 Å². The molecule has 1 aromatic carbocycles. The number of carbonyl (C=O) groups is 3. The van der Waals surface area contributed by atoms with Gasteiger partial charge in [0.2, 0.25) is 0 Å². The van der Waals surface area contributed by atoms with Crippen molar-refractivity contribution in [3.63, 3.8) is 0 Å². The number of amides is 2. The summed E-state index contributed by atoms with van der Waals surface area (Å²) in [5, 5.41) is 14.1. The highest BCUT2D eigenvalue weighted by Crippen LogP contribution is 2.16. The number of rotatable bonds is 8. The fraction of sp³-hybridized carbons (Fsp3) is 0.444. The van der Waals surface area contributed by atoms with E-state index in [1.807, 2.05) is 6.07 Å². The minimum absolute atomic E-state index is 0.118. The van der Waals surface area contributed by atoms with Crippen LogP contribution in [0.15, 0.2) is 24.3 Å². The minimum Gasteiger partial charge on any atom is -0.496 e. The average molecular weight is 361 g/mol. The quantitative estimate of drug-likeness (QED) is 0.668. The van der Waals surface area contributed by atoms with E-state index in [1.165, 1.54) is 7.11 Å². The summed E-state index contributed by atoms with van der Waals surface area (Å²) in [6.07, 6.45) is 0. The van der Waals surface area contributed by atoms with E-state index >= 15 is 0 Å². The number of nitrogens with zero attached hydrogens (tertiary/aromatic N) is 1. The zero-order valence-corrected chi connectivity index (χ0v) is 15.3. The van der Waals surface area contributed by atoms with Gasteiger partial charge in [0.05, 0.1) is 18.7 Å². The Morgan fingerprint density at radius 3 is 2.50 bits per heavy atom. The number of para-hydroxylation sites is 1. The molecule has 0 aromatic heterocycles. The fourth-order valence-electron chi connectivity index (χ4n) is 1.90. The maximum Gasteiger partial charge on any atom is 0.325 e. The van der Waals surface area contributed by atoms with Crippen molar-refractivity contribution in [2.75, 3.05) is 20.3 Å². The number of methoxy groups -OCH3 is 1. The molecule has 1 atom stereocenters. The lowest BCUT2D eigenvalue weighted by atomic mass is 9.90. The molecule has 1 aromatic rings. The molecule has 0 saturated carbocycles. The van der Waals surface area contributed by atoms with Gasteiger partial charge in [-0.2, -0.15) is 5.26 Å². The summed E-state index contributed by atoms with van der Waals surface area (Å²) in [5.74, 6) is -1.60. The number of esters is 1. The minimum atomic E-state index is -1.05. The van der Waals surface area contributed by atoms with Gasteiger partial charge in [0, 0.05) is 0 Å². The Morgan fingerprint density at radius 1 is 1.27 bits per heavy atom. The van der Waals surface area contributed by atoms with Crippen LogP contribution in [0, 0.1) is 17.2 Å². The Hall–Kier alpha value is -3.08. The summed E-state index contributed by atoms with van der Waals surface area (Å²) in [4.78, 5) is 35.6. The topological polar surface area (TPSA) is 118 Å². The third-order valence-electron chi connectivity index (χ3n) is 3.90. The first-order chi connectivity index (χ1) is 12.2. The lowest BCUT2D eigenvalue weighted by molar-refractivity contribution is -0.147. The van der Waals surface area contributed by atoms with Crippen molar-refractivity contribution in [3.05, 3.63) is 29.8 Å². The highest BCUT2D eigenvalue weighted by molar-refractivity contribution is 5.98. The van der Waals surface area contributed by atoms with E-state index < -0.39 is 36.5 Å². The van der Waals surface area contributed by atoms with Gasteiger partial charge in [-0.05, 0) is 25.0 Å². The number of benzene rings is 1.